The number of hydrogen-bond acceptors (Lipinski definition) is 2. The quantitative estimate of drug-likeness (QED) is 0.847. The van der Waals surface area contributed by atoms with Gasteiger partial charge in [0.2, 0.25) is 5.91 Å². The zero-order valence-electron chi connectivity index (χ0n) is 13.3. The van der Waals surface area contributed by atoms with Gasteiger partial charge in [-0.2, -0.15) is 0 Å². The Morgan fingerprint density at radius 1 is 1.08 bits per heavy atom. The van der Waals surface area contributed by atoms with Crippen molar-refractivity contribution in [3.05, 3.63) is 69.7 Å². The van der Waals surface area contributed by atoms with Crippen LogP contribution in [0.4, 0.5) is 0 Å². The first-order chi connectivity index (χ1) is 11.5. The summed E-state index contributed by atoms with van der Waals surface area (Å²) in [4.78, 5) is 26.0. The van der Waals surface area contributed by atoms with Crippen molar-refractivity contribution in [1.29, 1.82) is 0 Å². The molecular weight excluding hydrogens is 347 g/mol. The highest BCUT2D eigenvalue weighted by Gasteiger charge is 2.15. The van der Waals surface area contributed by atoms with E-state index in [-0.39, 0.29) is 18.4 Å². The van der Waals surface area contributed by atoms with Crippen molar-refractivity contribution in [1.82, 2.24) is 10.2 Å². The number of nitrogens with one attached hydrogen (secondary N) is 1. The van der Waals surface area contributed by atoms with Crippen molar-refractivity contribution in [2.75, 3.05) is 13.1 Å². The lowest BCUT2D eigenvalue weighted by molar-refractivity contribution is -0.130. The van der Waals surface area contributed by atoms with Gasteiger partial charge in [0.05, 0.1) is 6.54 Å². The van der Waals surface area contributed by atoms with Gasteiger partial charge in [-0.3, -0.25) is 9.59 Å². The number of nitrogens with zero attached hydrogens (tertiary/aromatic N) is 1. The summed E-state index contributed by atoms with van der Waals surface area (Å²) in [5.74, 6) is -0.507. The van der Waals surface area contributed by atoms with Gasteiger partial charge in [-0.15, -0.1) is 0 Å². The Morgan fingerprint density at radius 3 is 2.50 bits per heavy atom. The van der Waals surface area contributed by atoms with Crippen molar-refractivity contribution < 1.29 is 9.59 Å². The van der Waals surface area contributed by atoms with Crippen LogP contribution in [0.1, 0.15) is 22.8 Å². The molecule has 0 radical (unpaired) electrons. The number of carbonyl (C=O) groups excluding carboxylic acids is 2. The highest BCUT2D eigenvalue weighted by molar-refractivity contribution is 6.31. The largest absolute Gasteiger partial charge is 0.343 e. The normalized spacial score (nSPS) is 10.3. The molecular formula is C18H18Cl2N2O2. The minimum Gasteiger partial charge on any atom is -0.343 e. The Morgan fingerprint density at radius 2 is 1.83 bits per heavy atom. The van der Waals surface area contributed by atoms with E-state index < -0.39 is 0 Å². The van der Waals surface area contributed by atoms with Gasteiger partial charge in [-0.05, 0) is 36.8 Å². The van der Waals surface area contributed by atoms with Crippen LogP contribution in [0.3, 0.4) is 0 Å². The van der Waals surface area contributed by atoms with Crippen LogP contribution < -0.4 is 5.32 Å². The SMILES string of the molecule is CCN(Cc1ccccc1Cl)C(=O)CNC(=O)c1cccc(Cl)c1. The third kappa shape index (κ3) is 4.98. The minimum absolute atomic E-state index is 0.0797. The van der Waals surface area contributed by atoms with Gasteiger partial charge in [0.1, 0.15) is 0 Å². The Labute approximate surface area is 151 Å². The van der Waals surface area contributed by atoms with Gasteiger partial charge in [-0.1, -0.05) is 47.5 Å². The Bertz CT molecular complexity index is 734. The highest BCUT2D eigenvalue weighted by atomic mass is 35.5. The number of hydrogen-bond donors (Lipinski definition) is 1. The third-order valence-corrected chi connectivity index (χ3v) is 4.14. The first-order valence-corrected chi connectivity index (χ1v) is 8.31. The average Bonchev–Trinajstić information content (AvgIpc) is 2.58. The maximum Gasteiger partial charge on any atom is 0.251 e. The standard InChI is InChI=1S/C18H18Cl2N2O2/c1-2-22(12-14-6-3-4-9-16(14)20)17(23)11-21-18(24)13-7-5-8-15(19)10-13/h3-10H,2,11-12H2,1H3,(H,21,24). The molecule has 0 fully saturated rings. The summed E-state index contributed by atoms with van der Waals surface area (Å²) in [7, 11) is 0. The number of halogens is 2. The molecule has 2 rings (SSSR count). The highest BCUT2D eigenvalue weighted by Crippen LogP contribution is 2.17. The van der Waals surface area contributed by atoms with Crippen LogP contribution in [0.5, 0.6) is 0 Å². The second-order valence-electron chi connectivity index (χ2n) is 5.19. The van der Waals surface area contributed by atoms with E-state index >= 15 is 0 Å². The van der Waals surface area contributed by atoms with Crippen LogP contribution in [0.15, 0.2) is 48.5 Å². The molecule has 0 saturated heterocycles. The van der Waals surface area contributed by atoms with Crippen LogP contribution in [0, 0.1) is 0 Å². The molecule has 24 heavy (non-hydrogen) atoms. The van der Waals surface area contributed by atoms with E-state index in [0.29, 0.717) is 28.7 Å². The number of likely N-dealkylation sites (N-methyl/N-ethyl adjacent to an activating group) is 1. The van der Waals surface area contributed by atoms with E-state index in [0.717, 1.165) is 5.56 Å². The fourth-order valence-electron chi connectivity index (χ4n) is 2.21. The topological polar surface area (TPSA) is 49.4 Å². The molecule has 0 unspecified atom stereocenters. The van der Waals surface area contributed by atoms with Crippen molar-refractivity contribution in [2.24, 2.45) is 0 Å². The molecule has 0 aromatic heterocycles. The minimum atomic E-state index is -0.334. The predicted octanol–water partition coefficient (Wildman–Crippen LogP) is 3.77. The molecule has 1 N–H and O–H groups in total. The van der Waals surface area contributed by atoms with Gasteiger partial charge < -0.3 is 10.2 Å². The van der Waals surface area contributed by atoms with Crippen molar-refractivity contribution in [3.63, 3.8) is 0 Å². The molecule has 0 heterocycles. The summed E-state index contributed by atoms with van der Waals surface area (Å²) in [6, 6.07) is 14.0. The van der Waals surface area contributed by atoms with Gasteiger partial charge in [0.25, 0.3) is 5.91 Å². The number of amides is 2. The van der Waals surface area contributed by atoms with Gasteiger partial charge in [-0.25, -0.2) is 0 Å². The fraction of sp³-hybridized carbons (Fsp3) is 0.222. The van der Waals surface area contributed by atoms with E-state index in [2.05, 4.69) is 5.32 Å². The molecule has 0 aliphatic heterocycles. The predicted molar refractivity (Wildman–Crippen MR) is 96.3 cm³/mol. The molecule has 0 spiro atoms. The van der Waals surface area contributed by atoms with Gasteiger partial charge in [0, 0.05) is 28.7 Å². The molecule has 0 aliphatic carbocycles. The zero-order chi connectivity index (χ0) is 17.5. The lowest BCUT2D eigenvalue weighted by atomic mass is 10.2. The van der Waals surface area contributed by atoms with Gasteiger partial charge >= 0.3 is 0 Å². The lowest BCUT2D eigenvalue weighted by Gasteiger charge is -2.21. The van der Waals surface area contributed by atoms with Crippen LogP contribution >= 0.6 is 23.2 Å². The fourth-order valence-corrected chi connectivity index (χ4v) is 2.59. The molecule has 0 atom stereocenters. The molecule has 126 valence electrons. The van der Waals surface area contributed by atoms with E-state index in [1.165, 1.54) is 0 Å². The third-order valence-electron chi connectivity index (χ3n) is 3.54. The van der Waals surface area contributed by atoms with Gasteiger partial charge in [0.15, 0.2) is 0 Å². The smallest absolute Gasteiger partial charge is 0.251 e. The lowest BCUT2D eigenvalue weighted by Crippen LogP contribution is -2.39. The Balaban J connectivity index is 1.95. The summed E-state index contributed by atoms with van der Waals surface area (Å²) in [6.45, 7) is 2.73. The van der Waals surface area contributed by atoms with Crippen molar-refractivity contribution >= 4 is 35.0 Å². The maximum absolute atomic E-state index is 12.3. The summed E-state index contributed by atoms with van der Waals surface area (Å²) in [6.07, 6.45) is 0. The van der Waals surface area contributed by atoms with Crippen LogP contribution in [-0.4, -0.2) is 29.8 Å². The molecule has 2 aromatic rings. The van der Waals surface area contributed by atoms with Crippen molar-refractivity contribution in [3.8, 4) is 0 Å². The molecule has 2 aromatic carbocycles. The van der Waals surface area contributed by atoms with E-state index in [9.17, 15) is 9.59 Å². The summed E-state index contributed by atoms with van der Waals surface area (Å²) < 4.78 is 0. The summed E-state index contributed by atoms with van der Waals surface area (Å²) >= 11 is 12.0. The second-order valence-corrected chi connectivity index (χ2v) is 6.04. The van der Waals surface area contributed by atoms with E-state index in [1.807, 2.05) is 25.1 Å². The molecule has 2 amide bonds. The molecule has 0 aliphatic rings. The molecule has 4 nitrogen and oxygen atoms in total. The Kier molecular flexibility index (Phi) is 6.64. The van der Waals surface area contributed by atoms with Crippen LogP contribution in [-0.2, 0) is 11.3 Å². The Hall–Kier alpha value is -2.04. The maximum atomic E-state index is 12.3. The van der Waals surface area contributed by atoms with Crippen LogP contribution in [0.25, 0.3) is 0 Å². The first kappa shape index (κ1) is 18.3. The number of benzene rings is 2. The second kappa shape index (κ2) is 8.71. The first-order valence-electron chi connectivity index (χ1n) is 7.56. The number of carbonyl (C=O) groups is 2. The van der Waals surface area contributed by atoms with E-state index in [4.69, 9.17) is 23.2 Å². The van der Waals surface area contributed by atoms with Crippen molar-refractivity contribution in [2.45, 2.75) is 13.5 Å². The summed E-state index contributed by atoms with van der Waals surface area (Å²) in [5, 5.41) is 3.71. The average molecular weight is 365 g/mol. The van der Waals surface area contributed by atoms with E-state index in [1.54, 1.807) is 35.2 Å². The molecule has 6 heteroatoms. The molecule has 0 bridgehead atoms. The molecule has 0 saturated carbocycles. The summed E-state index contributed by atoms with van der Waals surface area (Å²) in [5.41, 5.74) is 1.29. The monoisotopic (exact) mass is 364 g/mol. The van der Waals surface area contributed by atoms with Crippen LogP contribution in [0.2, 0.25) is 10.0 Å². The number of rotatable bonds is 6. The zero-order valence-corrected chi connectivity index (χ0v) is 14.8.